The Morgan fingerprint density at radius 1 is 1.26 bits per heavy atom. The van der Waals surface area contributed by atoms with Crippen LogP contribution in [0.25, 0.3) is 6.08 Å². The van der Waals surface area contributed by atoms with Crippen LogP contribution in [0.3, 0.4) is 0 Å². The number of hydrogen-bond donors (Lipinski definition) is 0. The number of carbonyl (C=O) groups is 2. The third-order valence-electron chi connectivity index (χ3n) is 2.26. The largest absolute Gasteiger partial charge is 0.465 e. The van der Waals surface area contributed by atoms with Gasteiger partial charge in [0, 0.05) is 7.11 Å². The van der Waals surface area contributed by atoms with E-state index in [0.29, 0.717) is 10.6 Å². The van der Waals surface area contributed by atoms with Gasteiger partial charge in [-0.05, 0) is 17.7 Å². The highest BCUT2D eigenvalue weighted by Crippen LogP contribution is 2.27. The van der Waals surface area contributed by atoms with Crippen molar-refractivity contribution in [1.82, 2.24) is 0 Å². The molecule has 0 N–H and O–H groups in total. The van der Waals surface area contributed by atoms with Crippen molar-refractivity contribution in [2.45, 2.75) is 0 Å². The molecular weight excluding hydrogens is 291 g/mol. The molecular formula is C13H12Cl2O4. The zero-order chi connectivity index (χ0) is 14.4. The SMILES string of the molecule is COCC(=O)/C(=C/c1cccc(Cl)c1Cl)C(=O)OC. The molecule has 0 unspecified atom stereocenters. The summed E-state index contributed by atoms with van der Waals surface area (Å²) in [6.07, 6.45) is 1.33. The fraction of sp³-hybridized carbons (Fsp3) is 0.231. The Morgan fingerprint density at radius 3 is 2.53 bits per heavy atom. The van der Waals surface area contributed by atoms with Crippen LogP contribution in [0.15, 0.2) is 23.8 Å². The standard InChI is InChI=1S/C13H12Cl2O4/c1-18-7-11(16)9(13(17)19-2)6-8-4-3-5-10(14)12(8)15/h3-6H,7H2,1-2H3/b9-6-. The third-order valence-corrected chi connectivity index (χ3v) is 3.10. The van der Waals surface area contributed by atoms with Gasteiger partial charge in [-0.3, -0.25) is 4.79 Å². The van der Waals surface area contributed by atoms with Gasteiger partial charge in [0.1, 0.15) is 12.2 Å². The molecule has 0 atom stereocenters. The number of rotatable bonds is 5. The molecule has 0 aromatic heterocycles. The van der Waals surface area contributed by atoms with Crippen LogP contribution < -0.4 is 0 Å². The van der Waals surface area contributed by atoms with E-state index in [4.69, 9.17) is 27.9 Å². The summed E-state index contributed by atoms with van der Waals surface area (Å²) in [5.41, 5.74) is 0.313. The molecule has 0 saturated heterocycles. The number of methoxy groups -OCH3 is 2. The van der Waals surface area contributed by atoms with Gasteiger partial charge in [-0.1, -0.05) is 35.3 Å². The van der Waals surface area contributed by atoms with Gasteiger partial charge in [-0.25, -0.2) is 4.79 Å². The van der Waals surface area contributed by atoms with Gasteiger partial charge in [-0.2, -0.15) is 0 Å². The highest BCUT2D eigenvalue weighted by atomic mass is 35.5. The smallest absolute Gasteiger partial charge is 0.341 e. The lowest BCUT2D eigenvalue weighted by molar-refractivity contribution is -0.138. The molecule has 1 aromatic carbocycles. The van der Waals surface area contributed by atoms with Crippen molar-refractivity contribution in [3.63, 3.8) is 0 Å². The second kappa shape index (κ2) is 7.28. The monoisotopic (exact) mass is 302 g/mol. The van der Waals surface area contributed by atoms with Gasteiger partial charge < -0.3 is 9.47 Å². The minimum Gasteiger partial charge on any atom is -0.465 e. The van der Waals surface area contributed by atoms with Crippen LogP contribution in [0.4, 0.5) is 0 Å². The predicted molar refractivity (Wildman–Crippen MR) is 73.3 cm³/mol. The second-order valence-corrected chi connectivity index (χ2v) is 4.33. The summed E-state index contributed by atoms with van der Waals surface area (Å²) in [6.45, 7) is -0.223. The molecule has 102 valence electrons. The molecule has 6 heteroatoms. The van der Waals surface area contributed by atoms with E-state index in [1.165, 1.54) is 20.3 Å². The molecule has 0 aliphatic rings. The van der Waals surface area contributed by atoms with Crippen LogP contribution in [-0.2, 0) is 19.1 Å². The van der Waals surface area contributed by atoms with Crippen molar-refractivity contribution in [2.75, 3.05) is 20.8 Å². The zero-order valence-corrected chi connectivity index (χ0v) is 11.9. The molecule has 19 heavy (non-hydrogen) atoms. The molecule has 0 amide bonds. The molecule has 4 nitrogen and oxygen atoms in total. The third kappa shape index (κ3) is 4.06. The van der Waals surface area contributed by atoms with Crippen LogP contribution in [-0.4, -0.2) is 32.6 Å². The van der Waals surface area contributed by atoms with Crippen LogP contribution >= 0.6 is 23.2 Å². The van der Waals surface area contributed by atoms with Gasteiger partial charge in [0.15, 0.2) is 5.78 Å². The van der Waals surface area contributed by atoms with E-state index in [0.717, 1.165) is 0 Å². The number of benzene rings is 1. The molecule has 0 fully saturated rings. The minimum atomic E-state index is -0.752. The summed E-state index contributed by atoms with van der Waals surface area (Å²) in [5, 5.41) is 0.592. The summed E-state index contributed by atoms with van der Waals surface area (Å²) < 4.78 is 9.28. The molecule has 1 aromatic rings. The Kier molecular flexibility index (Phi) is 6.02. The fourth-order valence-electron chi connectivity index (χ4n) is 1.36. The first kappa shape index (κ1) is 15.7. The number of ketones is 1. The van der Waals surface area contributed by atoms with Gasteiger partial charge in [0.05, 0.1) is 17.2 Å². The number of Topliss-reactive ketones (excluding diaryl/α,β-unsaturated/α-hetero) is 1. The Hall–Kier alpha value is -1.36. The number of ether oxygens (including phenoxy) is 2. The second-order valence-electron chi connectivity index (χ2n) is 3.55. The highest BCUT2D eigenvalue weighted by Gasteiger charge is 2.19. The summed E-state index contributed by atoms with van der Waals surface area (Å²) in [4.78, 5) is 23.4. The van der Waals surface area contributed by atoms with E-state index in [1.807, 2.05) is 0 Å². The number of esters is 1. The van der Waals surface area contributed by atoms with Crippen molar-refractivity contribution >= 4 is 41.0 Å². The molecule has 0 heterocycles. The zero-order valence-electron chi connectivity index (χ0n) is 10.4. The molecule has 0 saturated carbocycles. The van der Waals surface area contributed by atoms with E-state index in [1.54, 1.807) is 18.2 Å². The van der Waals surface area contributed by atoms with Crippen LogP contribution in [0.1, 0.15) is 5.56 Å². The van der Waals surface area contributed by atoms with E-state index in [2.05, 4.69) is 4.74 Å². The van der Waals surface area contributed by atoms with Gasteiger partial charge in [0.25, 0.3) is 0 Å². The minimum absolute atomic E-state index is 0.145. The maximum atomic E-state index is 11.8. The van der Waals surface area contributed by atoms with Crippen molar-refractivity contribution in [3.05, 3.63) is 39.4 Å². The topological polar surface area (TPSA) is 52.6 Å². The first-order chi connectivity index (χ1) is 9.01. The summed E-state index contributed by atoms with van der Waals surface area (Å²) in [5.74, 6) is -1.25. The normalized spacial score (nSPS) is 11.3. The highest BCUT2D eigenvalue weighted by molar-refractivity contribution is 6.43. The van der Waals surface area contributed by atoms with Crippen molar-refractivity contribution in [3.8, 4) is 0 Å². The number of hydrogen-bond acceptors (Lipinski definition) is 4. The predicted octanol–water partition coefficient (Wildman–Crippen LogP) is 2.77. The van der Waals surface area contributed by atoms with Crippen LogP contribution in [0.2, 0.25) is 10.0 Å². The molecule has 0 aliphatic carbocycles. The molecule has 0 bridgehead atoms. The fourth-order valence-corrected chi connectivity index (χ4v) is 1.72. The number of halogens is 2. The Balaban J connectivity index is 3.23. The van der Waals surface area contributed by atoms with E-state index in [9.17, 15) is 9.59 Å². The summed E-state index contributed by atoms with van der Waals surface area (Å²) >= 11 is 11.9. The maximum Gasteiger partial charge on any atom is 0.341 e. The van der Waals surface area contributed by atoms with Gasteiger partial charge >= 0.3 is 5.97 Å². The summed E-state index contributed by atoms with van der Waals surface area (Å²) in [6, 6.07) is 4.91. The first-order valence-electron chi connectivity index (χ1n) is 5.27. The Labute approximate surface area is 120 Å². The van der Waals surface area contributed by atoms with E-state index < -0.39 is 11.8 Å². The van der Waals surface area contributed by atoms with Crippen LogP contribution in [0, 0.1) is 0 Å². The van der Waals surface area contributed by atoms with Crippen molar-refractivity contribution in [2.24, 2.45) is 0 Å². The first-order valence-corrected chi connectivity index (χ1v) is 6.03. The van der Waals surface area contributed by atoms with Crippen LogP contribution in [0.5, 0.6) is 0 Å². The lowest BCUT2D eigenvalue weighted by Gasteiger charge is -2.06. The average molecular weight is 303 g/mol. The number of carbonyl (C=O) groups excluding carboxylic acids is 2. The lowest BCUT2D eigenvalue weighted by Crippen LogP contribution is -2.18. The maximum absolute atomic E-state index is 11.8. The van der Waals surface area contributed by atoms with E-state index >= 15 is 0 Å². The Morgan fingerprint density at radius 2 is 1.95 bits per heavy atom. The Bertz CT molecular complexity index is 523. The quantitative estimate of drug-likeness (QED) is 0.363. The molecule has 0 spiro atoms. The van der Waals surface area contributed by atoms with E-state index in [-0.39, 0.29) is 17.2 Å². The molecule has 1 rings (SSSR count). The molecule has 0 radical (unpaired) electrons. The van der Waals surface area contributed by atoms with Gasteiger partial charge in [0.2, 0.25) is 0 Å². The summed E-state index contributed by atoms with van der Waals surface area (Å²) in [7, 11) is 2.55. The van der Waals surface area contributed by atoms with Crippen molar-refractivity contribution < 1.29 is 19.1 Å². The molecule has 0 aliphatic heterocycles. The average Bonchev–Trinajstić information content (AvgIpc) is 2.39. The van der Waals surface area contributed by atoms with Crippen molar-refractivity contribution in [1.29, 1.82) is 0 Å². The lowest BCUT2D eigenvalue weighted by atomic mass is 10.1. The van der Waals surface area contributed by atoms with Gasteiger partial charge in [-0.15, -0.1) is 0 Å².